The van der Waals surface area contributed by atoms with E-state index in [0.29, 0.717) is 12.0 Å². The molecule has 0 aliphatic carbocycles. The average molecular weight is 444 g/mol. The summed E-state index contributed by atoms with van der Waals surface area (Å²) in [6, 6.07) is 16.6. The minimum atomic E-state index is -2.11. The highest BCUT2D eigenvalue weighted by molar-refractivity contribution is 6.30. The van der Waals surface area contributed by atoms with E-state index >= 15 is 0 Å². The lowest BCUT2D eigenvalue weighted by Gasteiger charge is -2.32. The highest BCUT2D eigenvalue weighted by Crippen LogP contribution is 2.31. The zero-order valence-electron chi connectivity index (χ0n) is 16.5. The van der Waals surface area contributed by atoms with Crippen LogP contribution in [0.5, 0.6) is 11.5 Å². The third-order valence-electron chi connectivity index (χ3n) is 4.63. The largest absolute Gasteiger partial charge is 0.497 e. The Morgan fingerprint density at radius 2 is 1.90 bits per heavy atom. The molecule has 3 rings (SSSR count). The van der Waals surface area contributed by atoms with Crippen LogP contribution in [-0.4, -0.2) is 24.5 Å². The molecule has 0 heterocycles. The molecule has 8 heteroatoms. The van der Waals surface area contributed by atoms with Crippen molar-refractivity contribution >= 4 is 23.9 Å². The lowest BCUT2D eigenvalue weighted by molar-refractivity contribution is -0.160. The number of carboxylic acids is 1. The van der Waals surface area contributed by atoms with Crippen molar-refractivity contribution in [3.8, 4) is 11.5 Å². The van der Waals surface area contributed by atoms with Gasteiger partial charge in [-0.2, -0.15) is 0 Å². The van der Waals surface area contributed by atoms with Crippen molar-refractivity contribution < 1.29 is 28.6 Å². The average Bonchev–Trinajstić information content (AvgIpc) is 2.78. The Morgan fingerprint density at radius 1 is 1.16 bits per heavy atom. The number of hydrogen-bond acceptors (Lipinski definition) is 5. The molecule has 31 heavy (non-hydrogen) atoms. The Labute approximate surface area is 183 Å². The SMILES string of the molecule is COc1ccc(OC(NCc2ccc(Cl)cc2F)(C(=O)O)c2ccccc2)c(C=O)c1. The van der Waals surface area contributed by atoms with Gasteiger partial charge >= 0.3 is 5.97 Å². The molecule has 3 aromatic rings. The summed E-state index contributed by atoms with van der Waals surface area (Å²) < 4.78 is 25.3. The lowest BCUT2D eigenvalue weighted by atomic mass is 10.0. The Balaban J connectivity index is 2.06. The molecule has 0 aliphatic rings. The minimum absolute atomic E-state index is 0.0196. The van der Waals surface area contributed by atoms with Crippen LogP contribution in [0.3, 0.4) is 0 Å². The number of carboxylic acid groups (broad SMARTS) is 1. The molecule has 0 aromatic heterocycles. The number of aldehydes is 1. The van der Waals surface area contributed by atoms with E-state index in [9.17, 15) is 19.1 Å². The van der Waals surface area contributed by atoms with Gasteiger partial charge in [-0.3, -0.25) is 10.1 Å². The fourth-order valence-electron chi connectivity index (χ4n) is 3.00. The van der Waals surface area contributed by atoms with Gasteiger partial charge < -0.3 is 14.6 Å². The van der Waals surface area contributed by atoms with Crippen molar-refractivity contribution in [1.29, 1.82) is 0 Å². The first kappa shape index (κ1) is 22.3. The van der Waals surface area contributed by atoms with E-state index < -0.39 is 17.5 Å². The van der Waals surface area contributed by atoms with E-state index in [1.165, 1.54) is 31.4 Å². The van der Waals surface area contributed by atoms with Crippen LogP contribution in [-0.2, 0) is 17.1 Å². The molecule has 1 atom stereocenters. The van der Waals surface area contributed by atoms with E-state index in [1.54, 1.807) is 36.4 Å². The number of methoxy groups -OCH3 is 1. The van der Waals surface area contributed by atoms with E-state index in [-0.39, 0.29) is 34.0 Å². The van der Waals surface area contributed by atoms with Gasteiger partial charge in [0.1, 0.15) is 17.3 Å². The summed E-state index contributed by atoms with van der Waals surface area (Å²) in [4.78, 5) is 24.1. The van der Waals surface area contributed by atoms with Gasteiger partial charge in [-0.15, -0.1) is 0 Å². The van der Waals surface area contributed by atoms with Gasteiger partial charge in [0.25, 0.3) is 5.72 Å². The molecule has 0 aliphatic heterocycles. The fourth-order valence-corrected chi connectivity index (χ4v) is 3.16. The zero-order chi connectivity index (χ0) is 22.4. The van der Waals surface area contributed by atoms with E-state index in [1.807, 2.05) is 0 Å². The molecule has 0 saturated carbocycles. The minimum Gasteiger partial charge on any atom is -0.497 e. The van der Waals surface area contributed by atoms with Crippen LogP contribution in [0.25, 0.3) is 0 Å². The molecule has 0 spiro atoms. The molecule has 0 bridgehead atoms. The van der Waals surface area contributed by atoms with Crippen molar-refractivity contribution in [2.75, 3.05) is 7.11 Å². The number of halogens is 2. The van der Waals surface area contributed by atoms with E-state index in [2.05, 4.69) is 5.32 Å². The maximum absolute atomic E-state index is 14.3. The summed E-state index contributed by atoms with van der Waals surface area (Å²) in [5, 5.41) is 13.2. The van der Waals surface area contributed by atoms with Gasteiger partial charge in [-0.25, -0.2) is 9.18 Å². The second-order valence-corrected chi connectivity index (χ2v) is 7.00. The monoisotopic (exact) mass is 443 g/mol. The fraction of sp³-hybridized carbons (Fsp3) is 0.130. The second kappa shape index (κ2) is 9.59. The number of nitrogens with one attached hydrogen (secondary N) is 1. The molecule has 160 valence electrons. The summed E-state index contributed by atoms with van der Waals surface area (Å²) in [5.41, 5.74) is -1.57. The molecule has 6 nitrogen and oxygen atoms in total. The second-order valence-electron chi connectivity index (χ2n) is 6.57. The first-order valence-electron chi connectivity index (χ1n) is 9.19. The van der Waals surface area contributed by atoms with Crippen molar-refractivity contribution in [3.63, 3.8) is 0 Å². The van der Waals surface area contributed by atoms with Gasteiger partial charge in [0.05, 0.1) is 12.7 Å². The molecule has 0 amide bonds. The summed E-state index contributed by atoms with van der Waals surface area (Å²) >= 11 is 5.80. The van der Waals surface area contributed by atoms with Gasteiger partial charge in [-0.1, -0.05) is 48.0 Å². The third-order valence-corrected chi connectivity index (χ3v) is 4.87. The third kappa shape index (κ3) is 4.84. The Morgan fingerprint density at radius 3 is 2.52 bits per heavy atom. The van der Waals surface area contributed by atoms with Gasteiger partial charge in [0, 0.05) is 22.7 Å². The Bertz CT molecular complexity index is 1090. The van der Waals surface area contributed by atoms with Gasteiger partial charge in [-0.05, 0) is 30.3 Å². The molecular weight excluding hydrogens is 425 g/mol. The molecule has 3 aromatic carbocycles. The lowest BCUT2D eigenvalue weighted by Crippen LogP contribution is -2.53. The number of rotatable bonds is 9. The van der Waals surface area contributed by atoms with Crippen molar-refractivity contribution in [2.24, 2.45) is 0 Å². The molecule has 0 radical (unpaired) electrons. The highest BCUT2D eigenvalue weighted by Gasteiger charge is 2.43. The van der Waals surface area contributed by atoms with Crippen LogP contribution in [0.4, 0.5) is 4.39 Å². The van der Waals surface area contributed by atoms with Crippen molar-refractivity contribution in [1.82, 2.24) is 5.32 Å². The number of ether oxygens (including phenoxy) is 2. The smallest absolute Gasteiger partial charge is 0.369 e. The standard InChI is InChI=1S/C23H19ClFNO5/c1-30-19-9-10-21(16(11-19)14-27)31-23(22(28)29,17-5-3-2-4-6-17)26-13-15-7-8-18(24)12-20(15)25/h2-12,14,26H,13H2,1H3,(H,28,29). The first-order chi connectivity index (χ1) is 14.9. The maximum atomic E-state index is 14.3. The Kier molecular flexibility index (Phi) is 6.89. The van der Waals surface area contributed by atoms with E-state index in [0.717, 1.165) is 6.07 Å². The molecule has 0 saturated heterocycles. The quantitative estimate of drug-likeness (QED) is 0.376. The van der Waals surface area contributed by atoms with Crippen LogP contribution in [0.2, 0.25) is 5.02 Å². The van der Waals surface area contributed by atoms with Crippen LogP contribution >= 0.6 is 11.6 Å². The van der Waals surface area contributed by atoms with E-state index in [4.69, 9.17) is 21.1 Å². The first-order valence-corrected chi connectivity index (χ1v) is 9.57. The van der Waals surface area contributed by atoms with Gasteiger partial charge in [0.2, 0.25) is 0 Å². The van der Waals surface area contributed by atoms with Crippen LogP contribution in [0.15, 0.2) is 66.7 Å². The number of hydrogen-bond donors (Lipinski definition) is 2. The summed E-state index contributed by atoms with van der Waals surface area (Å²) in [6.07, 6.45) is 0.536. The predicted molar refractivity (Wildman–Crippen MR) is 113 cm³/mol. The normalized spacial score (nSPS) is 12.6. The molecule has 1 unspecified atom stereocenters. The number of carbonyl (C=O) groups excluding carboxylic acids is 1. The number of benzene rings is 3. The zero-order valence-corrected chi connectivity index (χ0v) is 17.2. The maximum Gasteiger partial charge on any atom is 0.369 e. The molecule has 2 N–H and O–H groups in total. The predicted octanol–water partition coefficient (Wildman–Crippen LogP) is 4.41. The topological polar surface area (TPSA) is 84.9 Å². The number of carbonyl (C=O) groups is 2. The molecule has 0 fully saturated rings. The number of aliphatic carboxylic acids is 1. The van der Waals surface area contributed by atoms with Crippen LogP contribution in [0, 0.1) is 5.82 Å². The van der Waals surface area contributed by atoms with Crippen LogP contribution < -0.4 is 14.8 Å². The molecular formula is C23H19ClFNO5. The van der Waals surface area contributed by atoms with Crippen molar-refractivity contribution in [3.05, 3.63) is 94.3 Å². The summed E-state index contributed by atoms with van der Waals surface area (Å²) in [5.74, 6) is -1.54. The summed E-state index contributed by atoms with van der Waals surface area (Å²) in [7, 11) is 1.44. The van der Waals surface area contributed by atoms with Crippen molar-refractivity contribution in [2.45, 2.75) is 12.3 Å². The Hall–Kier alpha value is -3.42. The summed E-state index contributed by atoms with van der Waals surface area (Å²) in [6.45, 7) is -0.184. The highest BCUT2D eigenvalue weighted by atomic mass is 35.5. The van der Waals surface area contributed by atoms with Gasteiger partial charge in [0.15, 0.2) is 6.29 Å². The van der Waals surface area contributed by atoms with Crippen LogP contribution in [0.1, 0.15) is 21.5 Å².